The summed E-state index contributed by atoms with van der Waals surface area (Å²) in [6.45, 7) is 0. The number of aryl methyl sites for hydroxylation is 1. The predicted molar refractivity (Wildman–Crippen MR) is 51.7 cm³/mol. The zero-order valence-electron chi connectivity index (χ0n) is 8.44. The van der Waals surface area contributed by atoms with Crippen LogP contribution in [0.15, 0.2) is 6.33 Å². The number of carbonyl (C=O) groups excluding carboxylic acids is 1. The van der Waals surface area contributed by atoms with Gasteiger partial charge in [0.25, 0.3) is 0 Å². The largest absolute Gasteiger partial charge is 0.300 e. The second kappa shape index (κ2) is 3.90. The van der Waals surface area contributed by atoms with Crippen molar-refractivity contribution >= 4 is 5.78 Å². The highest BCUT2D eigenvalue weighted by atomic mass is 16.1. The average Bonchev–Trinajstić information content (AvgIpc) is 2.52. The quantitative estimate of drug-likeness (QED) is 0.707. The van der Waals surface area contributed by atoms with E-state index in [0.29, 0.717) is 11.7 Å². The Morgan fingerprint density at radius 2 is 2.50 bits per heavy atom. The summed E-state index contributed by atoms with van der Waals surface area (Å²) in [7, 11) is 1.90. The molecule has 0 aromatic carbocycles. The maximum atomic E-state index is 11.2. The zero-order valence-corrected chi connectivity index (χ0v) is 8.44. The fourth-order valence-corrected chi connectivity index (χ4v) is 2.05. The fraction of sp³-hybridized carbons (Fsp3) is 0.700. The van der Waals surface area contributed by atoms with E-state index >= 15 is 0 Å². The zero-order chi connectivity index (χ0) is 9.97. The maximum absolute atomic E-state index is 11.2. The Kier molecular flexibility index (Phi) is 2.61. The molecule has 1 atom stereocenters. The summed E-state index contributed by atoms with van der Waals surface area (Å²) in [6, 6.07) is 0. The Balaban J connectivity index is 1.97. The van der Waals surface area contributed by atoms with Gasteiger partial charge in [-0.15, -0.1) is 0 Å². The van der Waals surface area contributed by atoms with Crippen LogP contribution in [-0.2, 0) is 18.3 Å². The molecule has 0 N–H and O–H groups in total. The smallest absolute Gasteiger partial charge is 0.138 e. The molecule has 0 spiro atoms. The van der Waals surface area contributed by atoms with Crippen LogP contribution in [0.4, 0.5) is 0 Å². The van der Waals surface area contributed by atoms with Gasteiger partial charge in [0.05, 0.1) is 0 Å². The lowest BCUT2D eigenvalue weighted by molar-refractivity contribution is -0.121. The fourth-order valence-electron chi connectivity index (χ4n) is 2.05. The minimum absolute atomic E-state index is 0.406. The molecule has 1 heterocycles. The van der Waals surface area contributed by atoms with Gasteiger partial charge in [-0.1, -0.05) is 0 Å². The van der Waals surface area contributed by atoms with E-state index in [2.05, 4.69) is 10.1 Å². The van der Waals surface area contributed by atoms with E-state index in [1.54, 1.807) is 11.0 Å². The second-order valence-corrected chi connectivity index (χ2v) is 4.01. The van der Waals surface area contributed by atoms with E-state index in [-0.39, 0.29) is 0 Å². The van der Waals surface area contributed by atoms with Crippen molar-refractivity contribution in [1.29, 1.82) is 0 Å². The van der Waals surface area contributed by atoms with Crippen LogP contribution in [0, 0.1) is 5.92 Å². The summed E-state index contributed by atoms with van der Waals surface area (Å²) >= 11 is 0. The van der Waals surface area contributed by atoms with Gasteiger partial charge in [-0.25, -0.2) is 4.98 Å². The molecular weight excluding hydrogens is 178 g/mol. The third-order valence-corrected chi connectivity index (χ3v) is 2.86. The van der Waals surface area contributed by atoms with E-state index in [9.17, 15) is 4.79 Å². The normalized spacial score (nSPS) is 22.6. The van der Waals surface area contributed by atoms with E-state index < -0.39 is 0 Å². The standard InChI is InChI=1S/C10H15N3O/c1-13-10(11-7-12-13)6-8-3-2-4-9(14)5-8/h7-8H,2-6H2,1H3. The Morgan fingerprint density at radius 1 is 1.64 bits per heavy atom. The minimum Gasteiger partial charge on any atom is -0.300 e. The van der Waals surface area contributed by atoms with Crippen LogP contribution in [0.25, 0.3) is 0 Å². The highest BCUT2D eigenvalue weighted by Gasteiger charge is 2.20. The van der Waals surface area contributed by atoms with Crippen LogP contribution >= 0.6 is 0 Å². The molecule has 0 radical (unpaired) electrons. The number of aromatic nitrogens is 3. The first-order chi connectivity index (χ1) is 6.75. The van der Waals surface area contributed by atoms with Crippen LogP contribution in [-0.4, -0.2) is 20.5 Å². The molecule has 76 valence electrons. The van der Waals surface area contributed by atoms with Crippen molar-refractivity contribution < 1.29 is 4.79 Å². The molecule has 1 fully saturated rings. The molecular formula is C10H15N3O. The van der Waals surface area contributed by atoms with Gasteiger partial charge in [-0.05, 0) is 18.8 Å². The van der Waals surface area contributed by atoms with E-state index in [1.807, 2.05) is 7.05 Å². The van der Waals surface area contributed by atoms with E-state index in [4.69, 9.17) is 0 Å². The number of Topliss-reactive ketones (excluding diaryl/α,β-unsaturated/α-hetero) is 1. The minimum atomic E-state index is 0.406. The predicted octanol–water partition coefficient (Wildman–Crippen LogP) is 1.12. The molecule has 1 aliphatic rings. The van der Waals surface area contributed by atoms with Crippen LogP contribution < -0.4 is 0 Å². The lowest BCUT2D eigenvalue weighted by Gasteiger charge is -2.19. The number of carbonyl (C=O) groups is 1. The highest BCUT2D eigenvalue weighted by molar-refractivity contribution is 5.79. The molecule has 1 saturated carbocycles. The number of ketones is 1. The van der Waals surface area contributed by atoms with Crippen LogP contribution in [0.1, 0.15) is 31.5 Å². The van der Waals surface area contributed by atoms with Crippen molar-refractivity contribution in [3.8, 4) is 0 Å². The molecule has 0 amide bonds. The van der Waals surface area contributed by atoms with Gasteiger partial charge in [-0.2, -0.15) is 5.10 Å². The van der Waals surface area contributed by atoms with Crippen LogP contribution in [0.2, 0.25) is 0 Å². The average molecular weight is 193 g/mol. The molecule has 1 aliphatic carbocycles. The van der Waals surface area contributed by atoms with E-state index in [0.717, 1.165) is 37.9 Å². The maximum Gasteiger partial charge on any atom is 0.138 e. The number of rotatable bonds is 2. The summed E-state index contributed by atoms with van der Waals surface area (Å²) in [4.78, 5) is 15.4. The molecule has 1 aromatic heterocycles. The first-order valence-corrected chi connectivity index (χ1v) is 5.10. The van der Waals surface area contributed by atoms with Crippen molar-refractivity contribution in [3.05, 3.63) is 12.2 Å². The molecule has 0 saturated heterocycles. The van der Waals surface area contributed by atoms with Gasteiger partial charge < -0.3 is 0 Å². The summed E-state index contributed by atoms with van der Waals surface area (Å²) < 4.78 is 1.79. The number of hydrogen-bond donors (Lipinski definition) is 0. The molecule has 0 aliphatic heterocycles. The van der Waals surface area contributed by atoms with Crippen LogP contribution in [0.3, 0.4) is 0 Å². The van der Waals surface area contributed by atoms with Gasteiger partial charge in [0, 0.05) is 26.3 Å². The first kappa shape index (κ1) is 9.37. The molecule has 0 bridgehead atoms. The van der Waals surface area contributed by atoms with Crippen molar-refractivity contribution in [3.63, 3.8) is 0 Å². The second-order valence-electron chi connectivity index (χ2n) is 4.01. The van der Waals surface area contributed by atoms with E-state index in [1.165, 1.54) is 0 Å². The third-order valence-electron chi connectivity index (χ3n) is 2.86. The Bertz CT molecular complexity index is 332. The summed E-state index contributed by atoms with van der Waals surface area (Å²) in [5, 5.41) is 4.02. The highest BCUT2D eigenvalue weighted by Crippen LogP contribution is 2.23. The van der Waals surface area contributed by atoms with Gasteiger partial charge in [0.15, 0.2) is 0 Å². The SMILES string of the molecule is Cn1ncnc1CC1CCCC(=O)C1. The Labute approximate surface area is 83.3 Å². The molecule has 14 heavy (non-hydrogen) atoms. The number of hydrogen-bond acceptors (Lipinski definition) is 3. The monoisotopic (exact) mass is 193 g/mol. The Hall–Kier alpha value is -1.19. The van der Waals surface area contributed by atoms with Gasteiger partial charge in [-0.3, -0.25) is 9.48 Å². The summed E-state index contributed by atoms with van der Waals surface area (Å²) in [5.74, 6) is 1.88. The first-order valence-electron chi connectivity index (χ1n) is 5.10. The van der Waals surface area contributed by atoms with Crippen molar-refractivity contribution in [2.45, 2.75) is 32.1 Å². The molecule has 4 heteroatoms. The molecule has 1 aromatic rings. The van der Waals surface area contributed by atoms with Crippen molar-refractivity contribution in [1.82, 2.24) is 14.8 Å². The van der Waals surface area contributed by atoms with Crippen molar-refractivity contribution in [2.24, 2.45) is 13.0 Å². The lowest BCUT2D eigenvalue weighted by Crippen LogP contribution is -2.18. The topological polar surface area (TPSA) is 47.8 Å². The molecule has 4 nitrogen and oxygen atoms in total. The van der Waals surface area contributed by atoms with Gasteiger partial charge in [0.1, 0.15) is 17.9 Å². The van der Waals surface area contributed by atoms with Gasteiger partial charge >= 0.3 is 0 Å². The van der Waals surface area contributed by atoms with Crippen LogP contribution in [0.5, 0.6) is 0 Å². The molecule has 2 rings (SSSR count). The molecule has 1 unspecified atom stereocenters. The summed E-state index contributed by atoms with van der Waals surface area (Å²) in [6.07, 6.45) is 6.16. The lowest BCUT2D eigenvalue weighted by atomic mass is 9.86. The van der Waals surface area contributed by atoms with Crippen molar-refractivity contribution in [2.75, 3.05) is 0 Å². The Morgan fingerprint density at radius 3 is 3.14 bits per heavy atom. The van der Waals surface area contributed by atoms with Gasteiger partial charge in [0.2, 0.25) is 0 Å². The summed E-state index contributed by atoms with van der Waals surface area (Å²) in [5.41, 5.74) is 0. The third kappa shape index (κ3) is 2.00. The number of nitrogens with zero attached hydrogens (tertiary/aromatic N) is 3.